The van der Waals surface area contributed by atoms with E-state index >= 15 is 0 Å². The fourth-order valence-corrected chi connectivity index (χ4v) is 4.16. The van der Waals surface area contributed by atoms with Gasteiger partial charge >= 0.3 is 0 Å². The average molecular weight is 350 g/mol. The Labute approximate surface area is 139 Å². The number of para-hydroxylation sites is 2. The van der Waals surface area contributed by atoms with Crippen molar-refractivity contribution < 1.29 is 13.6 Å². The van der Waals surface area contributed by atoms with Crippen LogP contribution in [0, 0.1) is 11.6 Å². The van der Waals surface area contributed by atoms with Crippen LogP contribution in [0.5, 0.6) is 0 Å². The molecule has 0 saturated carbocycles. The first-order valence-corrected chi connectivity index (χ1v) is 8.51. The van der Waals surface area contributed by atoms with Crippen molar-refractivity contribution in [1.29, 1.82) is 0 Å². The normalized spacial score (nSPS) is 12.3. The minimum Gasteiger partial charge on any atom is -0.320 e. The standard InChI is InChI=1S/C16H12F2N2OS2/c1-9(15(21)20-14-10(17)5-4-6-11(14)18)22-16-19-12-7-2-3-8-13(12)23-16/h2-9H,1H3,(H,20,21). The van der Waals surface area contributed by atoms with Crippen LogP contribution in [-0.2, 0) is 4.79 Å². The van der Waals surface area contributed by atoms with E-state index in [2.05, 4.69) is 10.3 Å². The summed E-state index contributed by atoms with van der Waals surface area (Å²) in [6.45, 7) is 1.67. The highest BCUT2D eigenvalue weighted by molar-refractivity contribution is 8.02. The van der Waals surface area contributed by atoms with Crippen molar-refractivity contribution in [1.82, 2.24) is 4.98 Å². The quantitative estimate of drug-likeness (QED) is 0.694. The Bertz CT molecular complexity index is 813. The number of carbonyl (C=O) groups excluding carboxylic acids is 1. The van der Waals surface area contributed by atoms with Crippen LogP contribution in [-0.4, -0.2) is 16.1 Å². The first-order valence-electron chi connectivity index (χ1n) is 6.81. The number of rotatable bonds is 4. The van der Waals surface area contributed by atoms with Crippen molar-refractivity contribution in [3.8, 4) is 0 Å². The molecular formula is C16H12F2N2OS2. The van der Waals surface area contributed by atoms with Crippen LogP contribution in [0.4, 0.5) is 14.5 Å². The van der Waals surface area contributed by atoms with E-state index in [1.54, 1.807) is 6.92 Å². The molecule has 0 radical (unpaired) electrons. The van der Waals surface area contributed by atoms with Crippen LogP contribution in [0.25, 0.3) is 10.2 Å². The number of halogens is 2. The van der Waals surface area contributed by atoms with E-state index in [1.165, 1.54) is 29.2 Å². The van der Waals surface area contributed by atoms with E-state index in [0.717, 1.165) is 26.7 Å². The van der Waals surface area contributed by atoms with Gasteiger partial charge in [-0.05, 0) is 31.2 Å². The summed E-state index contributed by atoms with van der Waals surface area (Å²) in [7, 11) is 0. The Hall–Kier alpha value is -1.99. The third-order valence-electron chi connectivity index (χ3n) is 3.13. The van der Waals surface area contributed by atoms with Crippen molar-refractivity contribution in [3.63, 3.8) is 0 Å². The summed E-state index contributed by atoms with van der Waals surface area (Å²) in [5.41, 5.74) is 0.446. The van der Waals surface area contributed by atoms with Crippen LogP contribution in [0.1, 0.15) is 6.92 Å². The summed E-state index contributed by atoms with van der Waals surface area (Å²) in [5.74, 6) is -2.07. The molecule has 0 fully saturated rings. The molecule has 3 rings (SSSR count). The maximum atomic E-state index is 13.6. The number of thioether (sulfide) groups is 1. The molecule has 3 nitrogen and oxygen atoms in total. The van der Waals surface area contributed by atoms with Crippen molar-refractivity contribution in [3.05, 3.63) is 54.1 Å². The molecule has 118 valence electrons. The van der Waals surface area contributed by atoms with Gasteiger partial charge in [-0.25, -0.2) is 13.8 Å². The number of nitrogens with zero attached hydrogens (tertiary/aromatic N) is 1. The van der Waals surface area contributed by atoms with Gasteiger partial charge in [0, 0.05) is 0 Å². The van der Waals surface area contributed by atoms with Crippen LogP contribution in [0.2, 0.25) is 0 Å². The third kappa shape index (κ3) is 3.51. The van der Waals surface area contributed by atoms with Crippen molar-refractivity contribution >= 4 is 44.9 Å². The maximum Gasteiger partial charge on any atom is 0.237 e. The molecule has 3 aromatic rings. The van der Waals surface area contributed by atoms with E-state index in [1.807, 2.05) is 24.3 Å². The Morgan fingerprint density at radius 2 is 1.87 bits per heavy atom. The Morgan fingerprint density at radius 3 is 2.57 bits per heavy atom. The third-order valence-corrected chi connectivity index (χ3v) is 5.36. The van der Waals surface area contributed by atoms with Crippen molar-refractivity contribution in [2.45, 2.75) is 16.5 Å². The van der Waals surface area contributed by atoms with Gasteiger partial charge in [0.2, 0.25) is 5.91 Å². The minimum atomic E-state index is -0.796. The molecule has 1 N–H and O–H groups in total. The van der Waals surface area contributed by atoms with E-state index in [4.69, 9.17) is 0 Å². The number of amides is 1. The Kier molecular flexibility index (Phi) is 4.58. The Balaban J connectivity index is 1.72. The summed E-state index contributed by atoms with van der Waals surface area (Å²) < 4.78 is 28.9. The molecule has 1 heterocycles. The number of anilines is 1. The molecule has 0 saturated heterocycles. The highest BCUT2D eigenvalue weighted by Gasteiger charge is 2.19. The number of carbonyl (C=O) groups is 1. The predicted octanol–water partition coefficient (Wildman–Crippen LogP) is 4.69. The van der Waals surface area contributed by atoms with E-state index in [0.29, 0.717) is 0 Å². The molecule has 1 unspecified atom stereocenters. The molecule has 0 aliphatic rings. The maximum absolute atomic E-state index is 13.6. The topological polar surface area (TPSA) is 42.0 Å². The number of hydrogen-bond acceptors (Lipinski definition) is 4. The lowest BCUT2D eigenvalue weighted by Crippen LogP contribution is -2.23. The number of aromatic nitrogens is 1. The summed E-state index contributed by atoms with van der Waals surface area (Å²) in [6.07, 6.45) is 0. The average Bonchev–Trinajstić information content (AvgIpc) is 2.93. The first-order chi connectivity index (χ1) is 11.0. The lowest BCUT2D eigenvalue weighted by molar-refractivity contribution is -0.115. The van der Waals surface area contributed by atoms with Gasteiger partial charge in [-0.1, -0.05) is 30.0 Å². The largest absolute Gasteiger partial charge is 0.320 e. The second-order valence-electron chi connectivity index (χ2n) is 4.79. The molecule has 0 aliphatic heterocycles. The highest BCUT2D eigenvalue weighted by atomic mass is 32.2. The van der Waals surface area contributed by atoms with Crippen LogP contribution < -0.4 is 5.32 Å². The lowest BCUT2D eigenvalue weighted by Gasteiger charge is -2.11. The molecular weight excluding hydrogens is 338 g/mol. The van der Waals surface area contributed by atoms with Crippen LogP contribution >= 0.6 is 23.1 Å². The minimum absolute atomic E-state index is 0.422. The SMILES string of the molecule is CC(Sc1nc2ccccc2s1)C(=O)Nc1c(F)cccc1F. The lowest BCUT2D eigenvalue weighted by atomic mass is 10.3. The smallest absolute Gasteiger partial charge is 0.237 e. The van der Waals surface area contributed by atoms with Gasteiger partial charge in [-0.15, -0.1) is 11.3 Å². The highest BCUT2D eigenvalue weighted by Crippen LogP contribution is 2.32. The molecule has 1 atom stereocenters. The molecule has 1 amide bonds. The zero-order valence-electron chi connectivity index (χ0n) is 12.0. The number of benzene rings is 2. The van der Waals surface area contributed by atoms with Gasteiger partial charge < -0.3 is 5.32 Å². The zero-order chi connectivity index (χ0) is 16.4. The monoisotopic (exact) mass is 350 g/mol. The second kappa shape index (κ2) is 6.64. The molecule has 0 aliphatic carbocycles. The van der Waals surface area contributed by atoms with Gasteiger partial charge in [0.05, 0.1) is 15.5 Å². The summed E-state index contributed by atoms with van der Waals surface area (Å²) in [6, 6.07) is 11.1. The zero-order valence-corrected chi connectivity index (χ0v) is 13.7. The van der Waals surface area contributed by atoms with Gasteiger partial charge in [0.25, 0.3) is 0 Å². The molecule has 0 spiro atoms. The first kappa shape index (κ1) is 15.9. The van der Waals surface area contributed by atoms with Gasteiger partial charge in [0.1, 0.15) is 17.3 Å². The van der Waals surface area contributed by atoms with Crippen molar-refractivity contribution in [2.75, 3.05) is 5.32 Å². The second-order valence-corrected chi connectivity index (χ2v) is 7.41. The van der Waals surface area contributed by atoms with Crippen LogP contribution in [0.3, 0.4) is 0 Å². The fraction of sp³-hybridized carbons (Fsp3) is 0.125. The molecule has 23 heavy (non-hydrogen) atoms. The van der Waals surface area contributed by atoms with Gasteiger partial charge in [0.15, 0.2) is 4.34 Å². The molecule has 0 bridgehead atoms. The van der Waals surface area contributed by atoms with Crippen molar-refractivity contribution in [2.24, 2.45) is 0 Å². The summed E-state index contributed by atoms with van der Waals surface area (Å²) in [5, 5.41) is 1.77. The number of nitrogens with one attached hydrogen (secondary N) is 1. The fourth-order valence-electron chi connectivity index (χ4n) is 1.95. The predicted molar refractivity (Wildman–Crippen MR) is 89.9 cm³/mol. The molecule has 7 heteroatoms. The van der Waals surface area contributed by atoms with Gasteiger partial charge in [-0.3, -0.25) is 4.79 Å². The van der Waals surface area contributed by atoms with Gasteiger partial charge in [-0.2, -0.15) is 0 Å². The summed E-state index contributed by atoms with van der Waals surface area (Å²) >= 11 is 2.74. The molecule has 1 aromatic heterocycles. The van der Waals surface area contributed by atoms with E-state index in [-0.39, 0.29) is 0 Å². The number of hydrogen-bond donors (Lipinski definition) is 1. The molecule has 2 aromatic carbocycles. The van der Waals surface area contributed by atoms with E-state index in [9.17, 15) is 13.6 Å². The number of thiazole rings is 1. The Morgan fingerprint density at radius 1 is 1.17 bits per heavy atom. The van der Waals surface area contributed by atoms with E-state index < -0.39 is 28.5 Å². The van der Waals surface area contributed by atoms with Crippen LogP contribution in [0.15, 0.2) is 46.8 Å². The summed E-state index contributed by atoms with van der Waals surface area (Å²) in [4.78, 5) is 16.6. The number of fused-ring (bicyclic) bond motifs is 1.